The van der Waals surface area contributed by atoms with Crippen molar-refractivity contribution in [2.75, 3.05) is 39.5 Å². The maximum atomic E-state index is 13.2. The van der Waals surface area contributed by atoms with E-state index in [1.807, 2.05) is 23.6 Å². The molecule has 168 valence electrons. The second kappa shape index (κ2) is 8.26. The molecule has 2 amide bonds. The third kappa shape index (κ3) is 3.70. The van der Waals surface area contributed by atoms with Crippen LogP contribution < -0.4 is 18.9 Å². The lowest BCUT2D eigenvalue weighted by Crippen LogP contribution is -2.59. The Morgan fingerprint density at radius 3 is 1.44 bits per heavy atom. The maximum Gasteiger partial charge on any atom is 0.254 e. The summed E-state index contributed by atoms with van der Waals surface area (Å²) in [5.74, 6) is 2.35. The lowest BCUT2D eigenvalue weighted by atomic mass is 10.0. The fourth-order valence-corrected chi connectivity index (χ4v) is 4.38. The van der Waals surface area contributed by atoms with E-state index in [-0.39, 0.29) is 23.9 Å². The van der Waals surface area contributed by atoms with Gasteiger partial charge in [0, 0.05) is 36.3 Å². The van der Waals surface area contributed by atoms with Gasteiger partial charge < -0.3 is 28.7 Å². The standard InChI is InChI=1S/C24H26N2O6/c1-15-13-26(24(28)18-4-6-20-22(12-18)32-10-8-30-20)16(2)14-25(15)23(27)17-3-5-19-21(11-17)31-9-7-29-19/h3-6,11-12,15-16H,7-10,13-14H2,1-2H3. The quantitative estimate of drug-likeness (QED) is 0.717. The number of fused-ring (bicyclic) bond motifs is 2. The van der Waals surface area contributed by atoms with Gasteiger partial charge in [-0.1, -0.05) is 0 Å². The van der Waals surface area contributed by atoms with Crippen molar-refractivity contribution < 1.29 is 28.5 Å². The molecule has 8 nitrogen and oxygen atoms in total. The Bertz CT molecular complexity index is 971. The van der Waals surface area contributed by atoms with Gasteiger partial charge in [-0.2, -0.15) is 0 Å². The van der Waals surface area contributed by atoms with Crippen LogP contribution in [0.2, 0.25) is 0 Å². The van der Waals surface area contributed by atoms with Gasteiger partial charge in [0.15, 0.2) is 23.0 Å². The van der Waals surface area contributed by atoms with E-state index in [4.69, 9.17) is 18.9 Å². The van der Waals surface area contributed by atoms with Crippen molar-refractivity contribution in [2.24, 2.45) is 0 Å². The largest absolute Gasteiger partial charge is 0.486 e. The summed E-state index contributed by atoms with van der Waals surface area (Å²) in [6, 6.07) is 10.3. The molecular formula is C24H26N2O6. The first-order valence-corrected chi connectivity index (χ1v) is 10.9. The third-order valence-electron chi connectivity index (χ3n) is 6.09. The highest BCUT2D eigenvalue weighted by molar-refractivity contribution is 5.97. The van der Waals surface area contributed by atoms with Gasteiger partial charge in [0.1, 0.15) is 26.4 Å². The number of carbonyl (C=O) groups is 2. The fourth-order valence-electron chi connectivity index (χ4n) is 4.38. The summed E-state index contributed by atoms with van der Waals surface area (Å²) in [6.45, 7) is 6.78. The summed E-state index contributed by atoms with van der Waals surface area (Å²) < 4.78 is 22.3. The van der Waals surface area contributed by atoms with Crippen LogP contribution in [0.15, 0.2) is 36.4 Å². The first kappa shape index (κ1) is 20.5. The van der Waals surface area contributed by atoms with Gasteiger partial charge in [-0.05, 0) is 50.2 Å². The molecule has 0 radical (unpaired) electrons. The van der Waals surface area contributed by atoms with Crippen molar-refractivity contribution in [3.8, 4) is 23.0 Å². The van der Waals surface area contributed by atoms with Gasteiger partial charge in [-0.25, -0.2) is 0 Å². The van der Waals surface area contributed by atoms with Crippen molar-refractivity contribution in [3.63, 3.8) is 0 Å². The minimum absolute atomic E-state index is 0.0762. The monoisotopic (exact) mass is 438 g/mol. The lowest BCUT2D eigenvalue weighted by molar-refractivity contribution is 0.0269. The number of carbonyl (C=O) groups excluding carboxylic acids is 2. The Hall–Kier alpha value is -3.42. The highest BCUT2D eigenvalue weighted by Gasteiger charge is 2.35. The minimum atomic E-state index is -0.131. The van der Waals surface area contributed by atoms with Crippen LogP contribution in [0, 0.1) is 0 Å². The molecule has 0 aromatic heterocycles. The predicted molar refractivity (Wildman–Crippen MR) is 116 cm³/mol. The van der Waals surface area contributed by atoms with Crippen molar-refractivity contribution in [2.45, 2.75) is 25.9 Å². The molecular weight excluding hydrogens is 412 g/mol. The van der Waals surface area contributed by atoms with E-state index in [1.54, 1.807) is 36.4 Å². The van der Waals surface area contributed by atoms with Gasteiger partial charge in [0.25, 0.3) is 11.8 Å². The SMILES string of the molecule is CC1CN(C(=O)c2ccc3c(c2)OCCO3)C(C)CN1C(=O)c1ccc2c(c1)OCCO2. The number of hydrogen-bond acceptors (Lipinski definition) is 6. The van der Waals surface area contributed by atoms with Crippen LogP contribution in [0.1, 0.15) is 34.6 Å². The van der Waals surface area contributed by atoms with E-state index >= 15 is 0 Å². The molecule has 8 heteroatoms. The van der Waals surface area contributed by atoms with E-state index in [0.29, 0.717) is 73.6 Å². The molecule has 2 atom stereocenters. The summed E-state index contributed by atoms with van der Waals surface area (Å²) in [6.07, 6.45) is 0. The predicted octanol–water partition coefficient (Wildman–Crippen LogP) is 2.60. The first-order valence-electron chi connectivity index (χ1n) is 10.9. The Morgan fingerprint density at radius 1 is 0.656 bits per heavy atom. The molecule has 0 bridgehead atoms. The zero-order valence-corrected chi connectivity index (χ0v) is 18.2. The molecule has 0 saturated carbocycles. The average molecular weight is 438 g/mol. The van der Waals surface area contributed by atoms with Gasteiger partial charge in [-0.3, -0.25) is 9.59 Å². The molecule has 3 heterocycles. The lowest BCUT2D eigenvalue weighted by Gasteiger charge is -2.44. The number of rotatable bonds is 2. The highest BCUT2D eigenvalue weighted by Crippen LogP contribution is 2.33. The molecule has 3 aliphatic rings. The zero-order chi connectivity index (χ0) is 22.2. The average Bonchev–Trinajstić information content (AvgIpc) is 2.83. The van der Waals surface area contributed by atoms with E-state index < -0.39 is 0 Å². The van der Waals surface area contributed by atoms with Gasteiger partial charge in [-0.15, -0.1) is 0 Å². The van der Waals surface area contributed by atoms with E-state index in [0.717, 1.165) is 0 Å². The normalized spacial score (nSPS) is 21.8. The topological polar surface area (TPSA) is 77.5 Å². The molecule has 0 N–H and O–H groups in total. The number of hydrogen-bond donors (Lipinski definition) is 0. The number of benzene rings is 2. The van der Waals surface area contributed by atoms with Gasteiger partial charge in [0.2, 0.25) is 0 Å². The Morgan fingerprint density at radius 2 is 1.03 bits per heavy atom. The van der Waals surface area contributed by atoms with Crippen LogP contribution in [-0.4, -0.2) is 73.2 Å². The van der Waals surface area contributed by atoms with Crippen LogP contribution in [-0.2, 0) is 0 Å². The maximum absolute atomic E-state index is 13.2. The summed E-state index contributed by atoms with van der Waals surface area (Å²) in [5.41, 5.74) is 1.11. The van der Waals surface area contributed by atoms with Crippen LogP contribution in [0.25, 0.3) is 0 Å². The molecule has 5 rings (SSSR count). The summed E-state index contributed by atoms with van der Waals surface area (Å²) in [5, 5.41) is 0. The second-order valence-electron chi connectivity index (χ2n) is 8.33. The third-order valence-corrected chi connectivity index (χ3v) is 6.09. The molecule has 0 spiro atoms. The van der Waals surface area contributed by atoms with Crippen LogP contribution in [0.4, 0.5) is 0 Å². The van der Waals surface area contributed by atoms with E-state index in [9.17, 15) is 9.59 Å². The molecule has 2 aromatic rings. The second-order valence-corrected chi connectivity index (χ2v) is 8.33. The van der Waals surface area contributed by atoms with Crippen molar-refractivity contribution in [3.05, 3.63) is 47.5 Å². The van der Waals surface area contributed by atoms with Crippen LogP contribution >= 0.6 is 0 Å². The molecule has 1 saturated heterocycles. The molecule has 3 aliphatic heterocycles. The Labute approximate surface area is 186 Å². The minimum Gasteiger partial charge on any atom is -0.486 e. The van der Waals surface area contributed by atoms with Crippen molar-refractivity contribution >= 4 is 11.8 Å². The fraction of sp³-hybridized carbons (Fsp3) is 0.417. The number of amides is 2. The van der Waals surface area contributed by atoms with Gasteiger partial charge >= 0.3 is 0 Å². The number of ether oxygens (including phenoxy) is 4. The Kier molecular flexibility index (Phi) is 5.28. The summed E-state index contributed by atoms with van der Waals surface area (Å²) >= 11 is 0. The summed E-state index contributed by atoms with van der Waals surface area (Å²) in [4.78, 5) is 30.1. The van der Waals surface area contributed by atoms with Crippen molar-refractivity contribution in [1.82, 2.24) is 9.80 Å². The van der Waals surface area contributed by atoms with E-state index in [1.165, 1.54) is 0 Å². The highest BCUT2D eigenvalue weighted by atomic mass is 16.6. The van der Waals surface area contributed by atoms with Crippen LogP contribution in [0.3, 0.4) is 0 Å². The molecule has 2 unspecified atom stereocenters. The number of nitrogens with zero attached hydrogens (tertiary/aromatic N) is 2. The molecule has 1 fully saturated rings. The Balaban J connectivity index is 1.31. The van der Waals surface area contributed by atoms with Crippen LogP contribution in [0.5, 0.6) is 23.0 Å². The smallest absolute Gasteiger partial charge is 0.254 e. The first-order chi connectivity index (χ1) is 15.5. The zero-order valence-electron chi connectivity index (χ0n) is 18.2. The molecule has 2 aromatic carbocycles. The number of piperazine rings is 1. The van der Waals surface area contributed by atoms with E-state index in [2.05, 4.69) is 0 Å². The van der Waals surface area contributed by atoms with Gasteiger partial charge in [0.05, 0.1) is 0 Å². The molecule has 32 heavy (non-hydrogen) atoms. The van der Waals surface area contributed by atoms with Crippen molar-refractivity contribution in [1.29, 1.82) is 0 Å². The summed E-state index contributed by atoms with van der Waals surface area (Å²) in [7, 11) is 0. The molecule has 0 aliphatic carbocycles.